The van der Waals surface area contributed by atoms with Crippen LogP contribution in [0.15, 0.2) is 66.7 Å². The fraction of sp³-hybridized carbons (Fsp3) is 0.394. The zero-order valence-electron chi connectivity index (χ0n) is 25.4. The molecule has 2 unspecified atom stereocenters. The van der Waals surface area contributed by atoms with Crippen molar-refractivity contribution >= 4 is 50.7 Å². The molecular formula is C33H41Cl2N3O4S. The number of sulfonamides is 1. The van der Waals surface area contributed by atoms with E-state index >= 15 is 0 Å². The maximum absolute atomic E-state index is 14.0. The van der Waals surface area contributed by atoms with Crippen LogP contribution in [0.25, 0.3) is 0 Å². The minimum atomic E-state index is -3.59. The summed E-state index contributed by atoms with van der Waals surface area (Å²) in [7, 11) is -3.59. The van der Waals surface area contributed by atoms with E-state index in [1.165, 1.54) is 4.31 Å². The third-order valence-electron chi connectivity index (χ3n) is 7.54. The maximum Gasteiger partial charge on any atom is 0.243 e. The molecule has 7 nitrogen and oxygen atoms in total. The van der Waals surface area contributed by atoms with Gasteiger partial charge in [0, 0.05) is 32.0 Å². The normalized spacial score (nSPS) is 12.8. The van der Waals surface area contributed by atoms with E-state index in [1.807, 2.05) is 70.2 Å². The van der Waals surface area contributed by atoms with Gasteiger partial charge < -0.3 is 10.2 Å². The van der Waals surface area contributed by atoms with Crippen molar-refractivity contribution in [2.75, 3.05) is 17.1 Å². The van der Waals surface area contributed by atoms with Crippen LogP contribution >= 0.6 is 23.2 Å². The molecule has 0 saturated carbocycles. The van der Waals surface area contributed by atoms with Crippen molar-refractivity contribution in [3.63, 3.8) is 0 Å². The van der Waals surface area contributed by atoms with E-state index in [2.05, 4.69) is 5.32 Å². The number of nitrogens with zero attached hydrogens (tertiary/aromatic N) is 2. The van der Waals surface area contributed by atoms with Gasteiger partial charge in [-0.3, -0.25) is 13.9 Å². The molecule has 0 heterocycles. The second kappa shape index (κ2) is 15.6. The van der Waals surface area contributed by atoms with Gasteiger partial charge in [0.15, 0.2) is 0 Å². The van der Waals surface area contributed by atoms with Gasteiger partial charge in [-0.05, 0) is 80.1 Å². The molecule has 10 heteroatoms. The largest absolute Gasteiger partial charge is 0.352 e. The first-order chi connectivity index (χ1) is 20.3. The Morgan fingerprint density at radius 2 is 1.60 bits per heavy atom. The van der Waals surface area contributed by atoms with Crippen molar-refractivity contribution in [1.82, 2.24) is 10.2 Å². The smallest absolute Gasteiger partial charge is 0.243 e. The lowest BCUT2D eigenvalue weighted by Crippen LogP contribution is -2.52. The highest BCUT2D eigenvalue weighted by Gasteiger charge is 2.31. The molecule has 0 aliphatic carbocycles. The molecule has 0 bridgehead atoms. The first-order valence-electron chi connectivity index (χ1n) is 14.4. The Morgan fingerprint density at radius 1 is 0.907 bits per heavy atom. The van der Waals surface area contributed by atoms with E-state index in [1.54, 1.807) is 29.2 Å². The quantitative estimate of drug-likeness (QED) is 0.211. The molecule has 0 spiro atoms. The number of rotatable bonds is 14. The molecule has 0 aromatic heterocycles. The number of halogens is 2. The Kier molecular flexibility index (Phi) is 12.5. The van der Waals surface area contributed by atoms with Gasteiger partial charge in [0.05, 0.1) is 22.0 Å². The van der Waals surface area contributed by atoms with Gasteiger partial charge in [0.1, 0.15) is 6.04 Å². The molecule has 0 fully saturated rings. The van der Waals surface area contributed by atoms with Crippen molar-refractivity contribution in [3.05, 3.63) is 99.0 Å². The molecule has 0 aliphatic heterocycles. The number of benzene rings is 3. The molecule has 3 aromatic rings. The molecule has 2 amide bonds. The van der Waals surface area contributed by atoms with Crippen molar-refractivity contribution in [2.24, 2.45) is 0 Å². The van der Waals surface area contributed by atoms with Crippen LogP contribution in [-0.4, -0.2) is 50.0 Å². The number of carbonyl (C=O) groups is 2. The Balaban J connectivity index is 1.92. The Morgan fingerprint density at radius 3 is 2.21 bits per heavy atom. The highest BCUT2D eigenvalue weighted by Crippen LogP contribution is 2.26. The van der Waals surface area contributed by atoms with Gasteiger partial charge in [-0.1, -0.05) is 72.6 Å². The second-order valence-corrected chi connectivity index (χ2v) is 13.7. The van der Waals surface area contributed by atoms with Gasteiger partial charge >= 0.3 is 0 Å². The summed E-state index contributed by atoms with van der Waals surface area (Å²) < 4.78 is 26.8. The SMILES string of the molecule is CCC(C)NC(=O)C(Cc1ccccc1)N(Cc1ccc(Cl)c(Cl)c1)C(=O)CCCN(c1ccc(C)c(C)c1)S(C)(=O)=O. The molecule has 3 aromatic carbocycles. The maximum atomic E-state index is 14.0. The minimum Gasteiger partial charge on any atom is -0.352 e. The summed E-state index contributed by atoms with van der Waals surface area (Å²) in [4.78, 5) is 29.2. The van der Waals surface area contributed by atoms with Crippen LogP contribution in [-0.2, 0) is 32.6 Å². The lowest BCUT2D eigenvalue weighted by atomic mass is 10.0. The molecule has 0 radical (unpaired) electrons. The predicted molar refractivity (Wildman–Crippen MR) is 176 cm³/mol. The number of hydrogen-bond acceptors (Lipinski definition) is 4. The predicted octanol–water partition coefficient (Wildman–Crippen LogP) is 6.71. The molecule has 43 heavy (non-hydrogen) atoms. The van der Waals surface area contributed by atoms with Crippen molar-refractivity contribution in [3.8, 4) is 0 Å². The highest BCUT2D eigenvalue weighted by atomic mass is 35.5. The zero-order valence-corrected chi connectivity index (χ0v) is 27.8. The van der Waals surface area contributed by atoms with Crippen molar-refractivity contribution < 1.29 is 18.0 Å². The molecule has 232 valence electrons. The molecule has 0 aliphatic rings. The lowest BCUT2D eigenvalue weighted by Gasteiger charge is -2.33. The van der Waals surface area contributed by atoms with Crippen LogP contribution < -0.4 is 9.62 Å². The fourth-order valence-electron chi connectivity index (χ4n) is 4.71. The second-order valence-electron chi connectivity index (χ2n) is 11.0. The zero-order chi connectivity index (χ0) is 31.7. The van der Waals surface area contributed by atoms with E-state index in [-0.39, 0.29) is 43.8 Å². The summed E-state index contributed by atoms with van der Waals surface area (Å²) in [5.41, 5.74) is 4.24. The topological polar surface area (TPSA) is 86.8 Å². The average molecular weight is 647 g/mol. The summed E-state index contributed by atoms with van der Waals surface area (Å²) in [6.07, 6.45) is 2.52. The monoisotopic (exact) mass is 645 g/mol. The minimum absolute atomic E-state index is 0.0418. The highest BCUT2D eigenvalue weighted by molar-refractivity contribution is 7.92. The van der Waals surface area contributed by atoms with Gasteiger partial charge in [0.2, 0.25) is 21.8 Å². The molecule has 0 saturated heterocycles. The summed E-state index contributed by atoms with van der Waals surface area (Å²) in [5, 5.41) is 3.80. The van der Waals surface area contributed by atoms with Crippen LogP contribution in [0.2, 0.25) is 10.0 Å². The average Bonchev–Trinajstić information content (AvgIpc) is 2.96. The summed E-state index contributed by atoms with van der Waals surface area (Å²) >= 11 is 12.4. The van der Waals surface area contributed by atoms with Crippen LogP contribution in [0.4, 0.5) is 5.69 Å². The Labute approximate surface area is 266 Å². The number of anilines is 1. The summed E-state index contributed by atoms with van der Waals surface area (Å²) in [6, 6.07) is 19.3. The van der Waals surface area contributed by atoms with E-state index in [4.69, 9.17) is 23.2 Å². The van der Waals surface area contributed by atoms with E-state index in [0.29, 0.717) is 22.2 Å². The van der Waals surface area contributed by atoms with E-state index in [9.17, 15) is 18.0 Å². The standard InChI is InChI=1S/C33H41Cl2N3O4S/c1-6-25(4)36-33(40)31(21-26-11-8-7-9-12-26)37(22-27-15-17-29(34)30(35)20-27)32(39)13-10-18-38(43(5,41)42)28-16-14-23(2)24(3)19-28/h7-9,11-12,14-17,19-20,25,31H,6,10,13,18,21-22H2,1-5H3,(H,36,40). The first kappa shape index (κ1) is 34.4. The van der Waals surface area contributed by atoms with E-state index < -0.39 is 16.1 Å². The Bertz CT molecular complexity index is 1520. The summed E-state index contributed by atoms with van der Waals surface area (Å²) in [5.74, 6) is -0.514. The van der Waals surface area contributed by atoms with Crippen LogP contribution in [0.1, 0.15) is 55.4 Å². The van der Waals surface area contributed by atoms with Gasteiger partial charge in [-0.15, -0.1) is 0 Å². The number of nitrogens with one attached hydrogen (secondary N) is 1. The third-order valence-corrected chi connectivity index (χ3v) is 9.47. The van der Waals surface area contributed by atoms with Crippen LogP contribution in [0, 0.1) is 13.8 Å². The van der Waals surface area contributed by atoms with E-state index in [0.717, 1.165) is 34.9 Å². The number of amides is 2. The molecule has 2 atom stereocenters. The Hall–Kier alpha value is -3.07. The van der Waals surface area contributed by atoms with Gasteiger partial charge in [0.25, 0.3) is 0 Å². The van der Waals surface area contributed by atoms with Crippen molar-refractivity contribution in [2.45, 2.75) is 72.0 Å². The van der Waals surface area contributed by atoms with Gasteiger partial charge in [-0.25, -0.2) is 8.42 Å². The molecule has 1 N–H and O–H groups in total. The number of hydrogen-bond donors (Lipinski definition) is 1. The van der Waals surface area contributed by atoms with Crippen molar-refractivity contribution in [1.29, 1.82) is 0 Å². The molecule has 3 rings (SSSR count). The third kappa shape index (κ3) is 9.98. The van der Waals surface area contributed by atoms with Crippen LogP contribution in [0.3, 0.4) is 0 Å². The number of carbonyl (C=O) groups excluding carboxylic acids is 2. The fourth-order valence-corrected chi connectivity index (χ4v) is 5.99. The van der Waals surface area contributed by atoms with Crippen LogP contribution in [0.5, 0.6) is 0 Å². The lowest BCUT2D eigenvalue weighted by molar-refractivity contribution is -0.141. The first-order valence-corrected chi connectivity index (χ1v) is 17.0. The molecular weight excluding hydrogens is 605 g/mol. The summed E-state index contributed by atoms with van der Waals surface area (Å²) in [6.45, 7) is 8.06. The number of aryl methyl sites for hydroxylation is 2. The van der Waals surface area contributed by atoms with Gasteiger partial charge in [-0.2, -0.15) is 0 Å².